The zero-order valence-corrected chi connectivity index (χ0v) is 15.6. The molecule has 0 saturated carbocycles. The predicted molar refractivity (Wildman–Crippen MR) is 104 cm³/mol. The topological polar surface area (TPSA) is 66.8 Å². The van der Waals surface area contributed by atoms with Crippen molar-refractivity contribution in [3.8, 4) is 11.1 Å². The van der Waals surface area contributed by atoms with Crippen molar-refractivity contribution >= 4 is 11.9 Å². The molecule has 1 saturated heterocycles. The summed E-state index contributed by atoms with van der Waals surface area (Å²) in [6, 6.07) is 14.1. The molecule has 0 aromatic heterocycles. The van der Waals surface area contributed by atoms with Gasteiger partial charge in [-0.05, 0) is 48.9 Å². The van der Waals surface area contributed by atoms with Crippen LogP contribution in [0.15, 0.2) is 48.5 Å². The first-order chi connectivity index (χ1) is 13.1. The highest BCUT2D eigenvalue weighted by Crippen LogP contribution is 2.29. The first kappa shape index (κ1) is 19.1. The van der Waals surface area contributed by atoms with Crippen LogP contribution < -0.4 is 0 Å². The summed E-state index contributed by atoms with van der Waals surface area (Å²) in [5, 5.41) is 9.51. The van der Waals surface area contributed by atoms with Crippen molar-refractivity contribution in [3.63, 3.8) is 0 Å². The summed E-state index contributed by atoms with van der Waals surface area (Å²) in [6.07, 6.45) is 2.02. The maximum atomic E-state index is 13.2. The van der Waals surface area contributed by atoms with Crippen LogP contribution in [0.5, 0.6) is 0 Å². The number of carbonyl (C=O) groups excluding carboxylic acids is 1. The number of benzene rings is 2. The number of piperidine rings is 1. The summed E-state index contributed by atoms with van der Waals surface area (Å²) in [6.45, 7) is 4.72. The van der Waals surface area contributed by atoms with Crippen LogP contribution >= 0.6 is 0 Å². The molecule has 142 valence electrons. The Kier molecular flexibility index (Phi) is 6.24. The van der Waals surface area contributed by atoms with Crippen LogP contribution in [-0.2, 0) is 4.74 Å². The molecule has 0 aliphatic carbocycles. The maximum Gasteiger partial charge on any atom is 0.336 e. The quantitative estimate of drug-likeness (QED) is 0.840. The van der Waals surface area contributed by atoms with Crippen molar-refractivity contribution in [2.75, 3.05) is 26.3 Å². The average molecular weight is 367 g/mol. The molecule has 1 atom stereocenters. The minimum Gasteiger partial charge on any atom is -0.478 e. The molecular weight excluding hydrogens is 342 g/mol. The van der Waals surface area contributed by atoms with E-state index in [1.165, 1.54) is 0 Å². The number of likely N-dealkylation sites (tertiary alicyclic amines) is 1. The van der Waals surface area contributed by atoms with Gasteiger partial charge >= 0.3 is 5.97 Å². The van der Waals surface area contributed by atoms with Crippen molar-refractivity contribution < 1.29 is 19.4 Å². The smallest absolute Gasteiger partial charge is 0.336 e. The van der Waals surface area contributed by atoms with E-state index in [-0.39, 0.29) is 11.5 Å². The van der Waals surface area contributed by atoms with Crippen molar-refractivity contribution in [2.24, 2.45) is 5.92 Å². The minimum absolute atomic E-state index is 0.0491. The molecule has 2 aromatic rings. The number of aromatic carboxylic acids is 1. The Hall–Kier alpha value is -2.66. The van der Waals surface area contributed by atoms with Crippen LogP contribution in [0.3, 0.4) is 0 Å². The summed E-state index contributed by atoms with van der Waals surface area (Å²) < 4.78 is 5.54. The second kappa shape index (κ2) is 8.82. The molecule has 5 nitrogen and oxygen atoms in total. The molecule has 1 aliphatic heterocycles. The van der Waals surface area contributed by atoms with Gasteiger partial charge in [0.2, 0.25) is 0 Å². The second-order valence-corrected chi connectivity index (χ2v) is 6.82. The van der Waals surface area contributed by atoms with Crippen LogP contribution in [0.2, 0.25) is 0 Å². The van der Waals surface area contributed by atoms with E-state index in [1.807, 2.05) is 30.0 Å². The number of rotatable bonds is 6. The van der Waals surface area contributed by atoms with E-state index < -0.39 is 5.97 Å². The molecule has 1 aliphatic rings. The van der Waals surface area contributed by atoms with E-state index in [0.717, 1.165) is 19.4 Å². The molecule has 3 rings (SSSR count). The molecule has 0 bridgehead atoms. The zero-order valence-electron chi connectivity index (χ0n) is 15.6. The molecule has 1 fully saturated rings. The lowest BCUT2D eigenvalue weighted by atomic mass is 9.93. The summed E-state index contributed by atoms with van der Waals surface area (Å²) in [5.74, 6) is -0.698. The predicted octanol–water partition coefficient (Wildman–Crippen LogP) is 3.94. The first-order valence-corrected chi connectivity index (χ1v) is 9.40. The van der Waals surface area contributed by atoms with Crippen LogP contribution in [0.25, 0.3) is 11.1 Å². The summed E-state index contributed by atoms with van der Waals surface area (Å²) in [4.78, 5) is 26.7. The van der Waals surface area contributed by atoms with Gasteiger partial charge in [-0.25, -0.2) is 4.79 Å². The molecular formula is C22H25NO4. The van der Waals surface area contributed by atoms with E-state index in [2.05, 4.69) is 0 Å². The fourth-order valence-electron chi connectivity index (χ4n) is 3.65. The lowest BCUT2D eigenvalue weighted by molar-refractivity contribution is 0.0501. The van der Waals surface area contributed by atoms with Gasteiger partial charge in [-0.1, -0.05) is 36.4 Å². The van der Waals surface area contributed by atoms with Gasteiger partial charge in [0.15, 0.2) is 0 Å². The normalized spacial score (nSPS) is 16.9. The van der Waals surface area contributed by atoms with E-state index in [9.17, 15) is 14.7 Å². The Morgan fingerprint density at radius 3 is 2.37 bits per heavy atom. The van der Waals surface area contributed by atoms with E-state index >= 15 is 0 Å². The number of amides is 1. The van der Waals surface area contributed by atoms with Crippen LogP contribution in [-0.4, -0.2) is 48.2 Å². The third-order valence-corrected chi connectivity index (χ3v) is 4.97. The lowest BCUT2D eigenvalue weighted by Gasteiger charge is -2.33. The van der Waals surface area contributed by atoms with Crippen molar-refractivity contribution in [1.82, 2.24) is 4.90 Å². The molecule has 5 heteroatoms. The highest BCUT2D eigenvalue weighted by Gasteiger charge is 2.26. The van der Waals surface area contributed by atoms with Crippen molar-refractivity contribution in [2.45, 2.75) is 19.8 Å². The Balaban J connectivity index is 1.90. The maximum absolute atomic E-state index is 13.2. The van der Waals surface area contributed by atoms with Gasteiger partial charge < -0.3 is 14.7 Å². The van der Waals surface area contributed by atoms with Crippen LogP contribution in [0.1, 0.15) is 40.5 Å². The fraction of sp³-hybridized carbons (Fsp3) is 0.364. The van der Waals surface area contributed by atoms with Crippen LogP contribution in [0.4, 0.5) is 0 Å². The molecule has 1 amide bonds. The van der Waals surface area contributed by atoms with E-state index in [1.54, 1.807) is 30.3 Å². The van der Waals surface area contributed by atoms with Crippen molar-refractivity contribution in [1.29, 1.82) is 0 Å². The summed E-state index contributed by atoms with van der Waals surface area (Å²) >= 11 is 0. The molecule has 2 aromatic carbocycles. The van der Waals surface area contributed by atoms with Gasteiger partial charge in [0.25, 0.3) is 5.91 Å². The number of carboxylic acid groups (broad SMARTS) is 1. The minimum atomic E-state index is -0.998. The highest BCUT2D eigenvalue weighted by molar-refractivity contribution is 6.04. The van der Waals surface area contributed by atoms with Gasteiger partial charge in [-0.2, -0.15) is 0 Å². The Bertz CT molecular complexity index is 817. The van der Waals surface area contributed by atoms with Gasteiger partial charge in [0, 0.05) is 25.3 Å². The SMILES string of the molecule is CCOCC1CCCN(C(=O)c2ccccc2-c2ccccc2C(=O)O)C1. The largest absolute Gasteiger partial charge is 0.478 e. The van der Waals surface area contributed by atoms with Crippen LogP contribution in [0, 0.1) is 5.92 Å². The number of ether oxygens (including phenoxy) is 1. The standard InChI is InChI=1S/C22H25NO4/c1-2-27-15-16-8-7-13-23(14-16)21(24)19-11-5-3-9-17(19)18-10-4-6-12-20(18)22(25)26/h3-6,9-12,16H,2,7-8,13-15H2,1H3,(H,25,26). The number of nitrogens with zero attached hydrogens (tertiary/aromatic N) is 1. The Morgan fingerprint density at radius 2 is 1.70 bits per heavy atom. The molecule has 27 heavy (non-hydrogen) atoms. The molecule has 0 radical (unpaired) electrons. The molecule has 1 unspecified atom stereocenters. The fourth-order valence-corrected chi connectivity index (χ4v) is 3.65. The second-order valence-electron chi connectivity index (χ2n) is 6.82. The van der Waals surface area contributed by atoms with Gasteiger partial charge in [0.05, 0.1) is 12.2 Å². The summed E-state index contributed by atoms with van der Waals surface area (Å²) in [5.41, 5.74) is 1.97. The first-order valence-electron chi connectivity index (χ1n) is 9.40. The molecule has 1 N–H and O–H groups in total. The lowest BCUT2D eigenvalue weighted by Crippen LogP contribution is -2.41. The van der Waals surface area contributed by atoms with E-state index in [4.69, 9.17) is 4.74 Å². The van der Waals surface area contributed by atoms with Gasteiger partial charge in [0.1, 0.15) is 0 Å². The third kappa shape index (κ3) is 4.37. The summed E-state index contributed by atoms with van der Waals surface area (Å²) in [7, 11) is 0. The van der Waals surface area contributed by atoms with Gasteiger partial charge in [-0.3, -0.25) is 4.79 Å². The molecule has 0 spiro atoms. The highest BCUT2D eigenvalue weighted by atomic mass is 16.5. The Labute approximate surface area is 159 Å². The van der Waals surface area contributed by atoms with Gasteiger partial charge in [-0.15, -0.1) is 0 Å². The Morgan fingerprint density at radius 1 is 1.07 bits per heavy atom. The molecule has 1 heterocycles. The zero-order chi connectivity index (χ0) is 19.2. The van der Waals surface area contributed by atoms with E-state index in [0.29, 0.717) is 42.4 Å². The average Bonchev–Trinajstić information content (AvgIpc) is 2.72. The third-order valence-electron chi connectivity index (χ3n) is 4.97. The number of carboxylic acids is 1. The monoisotopic (exact) mass is 367 g/mol. The number of carbonyl (C=O) groups is 2. The van der Waals surface area contributed by atoms with Crippen molar-refractivity contribution in [3.05, 3.63) is 59.7 Å². The number of hydrogen-bond acceptors (Lipinski definition) is 3. The number of hydrogen-bond donors (Lipinski definition) is 1.